The molecule has 1 aliphatic rings. The van der Waals surface area contributed by atoms with Gasteiger partial charge in [-0.1, -0.05) is 19.9 Å². The number of amides is 1. The molecule has 8 nitrogen and oxygen atoms in total. The molecule has 4 rings (SSSR count). The normalized spacial score (nSPS) is 18.5. The van der Waals surface area contributed by atoms with E-state index in [1.807, 2.05) is 65.0 Å². The number of likely N-dealkylation sites (tertiary alicyclic amines) is 1. The summed E-state index contributed by atoms with van der Waals surface area (Å²) in [6.07, 6.45) is -1.64. The summed E-state index contributed by atoms with van der Waals surface area (Å²) < 4.78 is 6.84. The minimum atomic E-state index is -1.04. The first kappa shape index (κ1) is 26.7. The predicted molar refractivity (Wildman–Crippen MR) is 143 cm³/mol. The number of carbonyl (C=O) groups excluding carboxylic acids is 1. The zero-order valence-corrected chi connectivity index (χ0v) is 22.7. The van der Waals surface area contributed by atoms with Crippen molar-refractivity contribution in [1.82, 2.24) is 14.5 Å². The zero-order valence-electron chi connectivity index (χ0n) is 22.7. The summed E-state index contributed by atoms with van der Waals surface area (Å²) in [5, 5.41) is 22.1. The minimum absolute atomic E-state index is 0.0565. The van der Waals surface area contributed by atoms with Gasteiger partial charge < -0.3 is 19.8 Å². The van der Waals surface area contributed by atoms with Crippen LogP contribution in [0.15, 0.2) is 30.3 Å². The van der Waals surface area contributed by atoms with E-state index in [1.54, 1.807) is 4.90 Å². The fourth-order valence-electron chi connectivity index (χ4n) is 5.42. The molecule has 1 fully saturated rings. The first-order valence-electron chi connectivity index (χ1n) is 12.8. The van der Waals surface area contributed by atoms with Crippen LogP contribution in [-0.2, 0) is 4.74 Å². The maximum absolute atomic E-state index is 12.5. The summed E-state index contributed by atoms with van der Waals surface area (Å²) in [6, 6.07) is 9.59. The number of carbonyl (C=O) groups is 2. The molecule has 0 spiro atoms. The lowest BCUT2D eigenvalue weighted by Crippen LogP contribution is -2.47. The number of carboxylic acid groups (broad SMARTS) is 1. The number of piperidine rings is 1. The molecule has 1 aliphatic heterocycles. The second-order valence-electron chi connectivity index (χ2n) is 11.3. The third-order valence-corrected chi connectivity index (χ3v) is 6.82. The number of benzene rings is 1. The number of aliphatic hydroxyl groups excluding tert-OH is 1. The summed E-state index contributed by atoms with van der Waals surface area (Å²) in [5.41, 5.74) is 5.02. The smallest absolute Gasteiger partial charge is 0.416 e. The number of fused-ring (bicyclic) bond motifs is 1. The highest BCUT2D eigenvalue weighted by Gasteiger charge is 2.34. The SMILES string of the molecule is Cc1cc(-c2c(C(C)C)c3cc(C4CCN(C(=O)OC(C)(C)C)CC4O)ccc3n2C(=O)O)cc(C)n1. The Kier molecular flexibility index (Phi) is 7.08. The molecular weight excluding hydrogens is 470 g/mol. The van der Waals surface area contributed by atoms with E-state index >= 15 is 0 Å². The van der Waals surface area contributed by atoms with Gasteiger partial charge in [0.15, 0.2) is 0 Å². The highest BCUT2D eigenvalue weighted by molar-refractivity contribution is 6.00. The molecule has 1 aromatic carbocycles. The maximum atomic E-state index is 12.5. The fraction of sp³-hybridized carbons (Fsp3) is 0.483. The third-order valence-electron chi connectivity index (χ3n) is 6.82. The summed E-state index contributed by atoms with van der Waals surface area (Å²) in [7, 11) is 0. The summed E-state index contributed by atoms with van der Waals surface area (Å²) in [5.74, 6) is -0.119. The highest BCUT2D eigenvalue weighted by atomic mass is 16.6. The lowest BCUT2D eigenvalue weighted by Gasteiger charge is -2.37. The van der Waals surface area contributed by atoms with E-state index in [0.717, 1.165) is 33.5 Å². The maximum Gasteiger partial charge on any atom is 0.416 e. The Balaban J connectivity index is 1.77. The number of hydrogen-bond acceptors (Lipinski definition) is 5. The number of β-amino-alcohol motifs (C(OH)–C–C–N with tert-alkyl or cyclic N) is 1. The van der Waals surface area contributed by atoms with E-state index in [4.69, 9.17) is 4.74 Å². The quantitative estimate of drug-likeness (QED) is 0.447. The van der Waals surface area contributed by atoms with Gasteiger partial charge in [-0.3, -0.25) is 4.98 Å². The van der Waals surface area contributed by atoms with Gasteiger partial charge in [-0.05, 0) is 82.3 Å². The van der Waals surface area contributed by atoms with E-state index in [0.29, 0.717) is 24.2 Å². The Morgan fingerprint density at radius 2 is 1.76 bits per heavy atom. The molecule has 2 atom stereocenters. The van der Waals surface area contributed by atoms with Crippen LogP contribution in [0.1, 0.15) is 75.4 Å². The van der Waals surface area contributed by atoms with Crippen molar-refractivity contribution >= 4 is 23.1 Å². The monoisotopic (exact) mass is 507 g/mol. The Labute approximate surface area is 217 Å². The van der Waals surface area contributed by atoms with Gasteiger partial charge in [-0.25, -0.2) is 14.2 Å². The summed E-state index contributed by atoms with van der Waals surface area (Å²) >= 11 is 0. The lowest BCUT2D eigenvalue weighted by atomic mass is 9.85. The van der Waals surface area contributed by atoms with Gasteiger partial charge in [-0.2, -0.15) is 0 Å². The second kappa shape index (κ2) is 9.82. The molecule has 0 saturated carbocycles. The van der Waals surface area contributed by atoms with E-state index < -0.39 is 23.9 Å². The molecule has 1 saturated heterocycles. The number of ether oxygens (including phenoxy) is 1. The van der Waals surface area contributed by atoms with Crippen molar-refractivity contribution in [2.75, 3.05) is 13.1 Å². The van der Waals surface area contributed by atoms with Crippen LogP contribution in [0, 0.1) is 13.8 Å². The lowest BCUT2D eigenvalue weighted by molar-refractivity contribution is -0.00151. The van der Waals surface area contributed by atoms with Crippen LogP contribution < -0.4 is 0 Å². The summed E-state index contributed by atoms with van der Waals surface area (Å²) in [4.78, 5) is 31.0. The van der Waals surface area contributed by atoms with Crippen LogP contribution in [0.25, 0.3) is 22.2 Å². The van der Waals surface area contributed by atoms with Crippen molar-refractivity contribution in [2.45, 2.75) is 78.4 Å². The van der Waals surface area contributed by atoms with Crippen molar-refractivity contribution in [3.8, 4) is 11.3 Å². The first-order chi connectivity index (χ1) is 17.3. The Bertz CT molecular complexity index is 1330. The Hall–Kier alpha value is -3.39. The molecule has 3 aromatic rings. The van der Waals surface area contributed by atoms with E-state index in [1.165, 1.54) is 4.57 Å². The van der Waals surface area contributed by atoms with E-state index in [2.05, 4.69) is 18.8 Å². The molecule has 2 aromatic heterocycles. The fourth-order valence-corrected chi connectivity index (χ4v) is 5.42. The number of nitrogens with zero attached hydrogens (tertiary/aromatic N) is 3. The van der Waals surface area contributed by atoms with Crippen molar-refractivity contribution in [3.05, 3.63) is 52.8 Å². The van der Waals surface area contributed by atoms with Gasteiger partial charge >= 0.3 is 12.2 Å². The van der Waals surface area contributed by atoms with Gasteiger partial charge in [-0.15, -0.1) is 0 Å². The molecule has 0 bridgehead atoms. The summed E-state index contributed by atoms with van der Waals surface area (Å²) in [6.45, 7) is 14.1. The number of rotatable bonds is 3. The minimum Gasteiger partial charge on any atom is -0.464 e. The van der Waals surface area contributed by atoms with Crippen LogP contribution in [0.5, 0.6) is 0 Å². The highest BCUT2D eigenvalue weighted by Crippen LogP contribution is 2.41. The largest absolute Gasteiger partial charge is 0.464 e. The molecule has 3 heterocycles. The average molecular weight is 508 g/mol. The van der Waals surface area contributed by atoms with Gasteiger partial charge in [0.25, 0.3) is 0 Å². The zero-order chi connectivity index (χ0) is 27.2. The van der Waals surface area contributed by atoms with Crippen LogP contribution in [0.2, 0.25) is 0 Å². The van der Waals surface area contributed by atoms with Gasteiger partial charge in [0.1, 0.15) is 5.60 Å². The van der Waals surface area contributed by atoms with Crippen LogP contribution in [0.4, 0.5) is 9.59 Å². The van der Waals surface area contributed by atoms with Crippen molar-refractivity contribution in [3.63, 3.8) is 0 Å². The van der Waals surface area contributed by atoms with Crippen LogP contribution in [0.3, 0.4) is 0 Å². The molecule has 2 unspecified atom stereocenters. The van der Waals surface area contributed by atoms with Crippen LogP contribution in [-0.4, -0.2) is 61.6 Å². The standard InChI is InChI=1S/C29H37N3O5/c1-16(2)25-22-14-19(21-10-11-31(15-24(21)33)28(36)37-29(5,6)7)8-9-23(22)32(27(34)35)26(25)20-12-17(3)30-18(4)13-20/h8-9,12-14,16,21,24,33H,10-11,15H2,1-7H3,(H,34,35). The molecule has 8 heteroatoms. The average Bonchev–Trinajstić information content (AvgIpc) is 3.12. The molecule has 0 radical (unpaired) electrons. The third kappa shape index (κ3) is 5.34. The molecule has 37 heavy (non-hydrogen) atoms. The molecule has 2 N–H and O–H groups in total. The van der Waals surface area contributed by atoms with E-state index in [9.17, 15) is 19.8 Å². The van der Waals surface area contributed by atoms with Gasteiger partial charge in [0.2, 0.25) is 0 Å². The van der Waals surface area contributed by atoms with E-state index in [-0.39, 0.29) is 18.4 Å². The van der Waals surface area contributed by atoms with Crippen molar-refractivity contribution < 1.29 is 24.5 Å². The topological polar surface area (TPSA) is 105 Å². The van der Waals surface area contributed by atoms with Crippen molar-refractivity contribution in [1.29, 1.82) is 0 Å². The second-order valence-corrected chi connectivity index (χ2v) is 11.3. The Morgan fingerprint density at radius 3 is 2.30 bits per heavy atom. The first-order valence-corrected chi connectivity index (χ1v) is 12.8. The van der Waals surface area contributed by atoms with Gasteiger partial charge in [0, 0.05) is 34.8 Å². The predicted octanol–water partition coefficient (Wildman–Crippen LogP) is 6.05. The molecule has 0 aliphatic carbocycles. The molecular formula is C29H37N3O5. The number of pyridine rings is 1. The molecule has 1 amide bonds. The molecule has 198 valence electrons. The number of hydrogen-bond donors (Lipinski definition) is 2. The number of aliphatic hydroxyl groups is 1. The van der Waals surface area contributed by atoms with Crippen molar-refractivity contribution in [2.24, 2.45) is 0 Å². The van der Waals surface area contributed by atoms with Gasteiger partial charge in [0.05, 0.1) is 23.9 Å². The number of aromatic nitrogens is 2. The Morgan fingerprint density at radius 1 is 1.11 bits per heavy atom. The number of aryl methyl sites for hydroxylation is 2. The van der Waals surface area contributed by atoms with Crippen LogP contribution >= 0.6 is 0 Å².